The third kappa shape index (κ3) is 3.40. The molecule has 2 N–H and O–H groups in total. The number of pyridine rings is 1. The lowest BCUT2D eigenvalue weighted by atomic mass is 10.0. The van der Waals surface area contributed by atoms with E-state index in [0.717, 1.165) is 18.4 Å². The van der Waals surface area contributed by atoms with E-state index < -0.39 is 0 Å². The van der Waals surface area contributed by atoms with Crippen molar-refractivity contribution in [3.8, 4) is 11.1 Å². The summed E-state index contributed by atoms with van der Waals surface area (Å²) in [6.45, 7) is 2.05. The summed E-state index contributed by atoms with van der Waals surface area (Å²) in [5.41, 5.74) is 9.46. The summed E-state index contributed by atoms with van der Waals surface area (Å²) in [6.07, 6.45) is 5.76. The second-order valence-corrected chi connectivity index (χ2v) is 4.45. The first-order valence-electron chi connectivity index (χ1n) is 6.00. The van der Waals surface area contributed by atoms with Crippen LogP contribution in [0, 0.1) is 0 Å². The lowest BCUT2D eigenvalue weighted by Crippen LogP contribution is -2.15. The maximum atomic E-state index is 5.75. The number of aryl methyl sites for hydroxylation is 1. The Labute approximate surface area is 103 Å². The average molecular weight is 226 g/mol. The SMILES string of the molecule is CC(N)CCc1ccc(-c2cccnc2)cc1. The van der Waals surface area contributed by atoms with Gasteiger partial charge in [0.15, 0.2) is 0 Å². The minimum Gasteiger partial charge on any atom is -0.328 e. The van der Waals surface area contributed by atoms with Gasteiger partial charge in [-0.1, -0.05) is 30.3 Å². The van der Waals surface area contributed by atoms with Crippen LogP contribution in [0.2, 0.25) is 0 Å². The minimum atomic E-state index is 0.271. The van der Waals surface area contributed by atoms with Gasteiger partial charge in [0, 0.05) is 18.4 Å². The molecule has 88 valence electrons. The molecule has 0 radical (unpaired) electrons. The lowest BCUT2D eigenvalue weighted by molar-refractivity contribution is 0.666. The molecule has 1 heterocycles. The highest BCUT2D eigenvalue weighted by Gasteiger charge is 1.99. The molecule has 0 saturated carbocycles. The highest BCUT2D eigenvalue weighted by Crippen LogP contribution is 2.18. The van der Waals surface area contributed by atoms with E-state index in [2.05, 4.69) is 35.3 Å². The monoisotopic (exact) mass is 226 g/mol. The van der Waals surface area contributed by atoms with Crippen molar-refractivity contribution in [3.05, 3.63) is 54.4 Å². The van der Waals surface area contributed by atoms with E-state index >= 15 is 0 Å². The van der Waals surface area contributed by atoms with E-state index in [0.29, 0.717) is 0 Å². The highest BCUT2D eigenvalue weighted by molar-refractivity contribution is 5.62. The van der Waals surface area contributed by atoms with E-state index in [-0.39, 0.29) is 6.04 Å². The predicted molar refractivity (Wildman–Crippen MR) is 71.6 cm³/mol. The Kier molecular flexibility index (Phi) is 3.89. The Bertz CT molecular complexity index is 446. The van der Waals surface area contributed by atoms with Gasteiger partial charge in [-0.05, 0) is 42.5 Å². The standard InChI is InChI=1S/C15H18N2/c1-12(16)4-5-13-6-8-14(9-7-13)15-3-2-10-17-11-15/h2-3,6-12H,4-5,16H2,1H3. The Morgan fingerprint density at radius 2 is 1.88 bits per heavy atom. The topological polar surface area (TPSA) is 38.9 Å². The number of hydrogen-bond acceptors (Lipinski definition) is 2. The first-order valence-corrected chi connectivity index (χ1v) is 6.00. The van der Waals surface area contributed by atoms with Crippen molar-refractivity contribution >= 4 is 0 Å². The van der Waals surface area contributed by atoms with E-state index in [4.69, 9.17) is 5.73 Å². The van der Waals surface area contributed by atoms with Crippen LogP contribution in [0.15, 0.2) is 48.8 Å². The first kappa shape index (κ1) is 11.8. The highest BCUT2D eigenvalue weighted by atomic mass is 14.6. The molecular weight excluding hydrogens is 208 g/mol. The Morgan fingerprint density at radius 1 is 1.12 bits per heavy atom. The Morgan fingerprint density at radius 3 is 2.47 bits per heavy atom. The van der Waals surface area contributed by atoms with Gasteiger partial charge in [0.2, 0.25) is 0 Å². The fourth-order valence-corrected chi connectivity index (χ4v) is 1.79. The molecule has 0 aliphatic carbocycles. The molecule has 0 spiro atoms. The number of nitrogens with two attached hydrogens (primary N) is 1. The van der Waals surface area contributed by atoms with E-state index in [1.165, 1.54) is 11.1 Å². The van der Waals surface area contributed by atoms with Crippen molar-refractivity contribution in [1.82, 2.24) is 4.98 Å². The summed E-state index contributed by atoms with van der Waals surface area (Å²) in [5, 5.41) is 0. The molecule has 0 saturated heterocycles. The molecule has 0 bridgehead atoms. The number of hydrogen-bond donors (Lipinski definition) is 1. The van der Waals surface area contributed by atoms with Gasteiger partial charge in [-0.15, -0.1) is 0 Å². The maximum Gasteiger partial charge on any atom is 0.0346 e. The summed E-state index contributed by atoms with van der Waals surface area (Å²) >= 11 is 0. The normalized spacial score (nSPS) is 12.4. The zero-order valence-electron chi connectivity index (χ0n) is 10.1. The van der Waals surface area contributed by atoms with Crippen LogP contribution in [0.5, 0.6) is 0 Å². The van der Waals surface area contributed by atoms with Gasteiger partial charge in [-0.2, -0.15) is 0 Å². The number of rotatable bonds is 4. The fourth-order valence-electron chi connectivity index (χ4n) is 1.79. The van der Waals surface area contributed by atoms with Crippen LogP contribution in [0.25, 0.3) is 11.1 Å². The zero-order chi connectivity index (χ0) is 12.1. The molecule has 2 nitrogen and oxygen atoms in total. The third-order valence-corrected chi connectivity index (χ3v) is 2.84. The van der Waals surface area contributed by atoms with Gasteiger partial charge >= 0.3 is 0 Å². The summed E-state index contributed by atoms with van der Waals surface area (Å²) in [5.74, 6) is 0. The predicted octanol–water partition coefficient (Wildman–Crippen LogP) is 3.03. The van der Waals surface area contributed by atoms with Crippen LogP contribution >= 0.6 is 0 Å². The van der Waals surface area contributed by atoms with Gasteiger partial charge in [-0.25, -0.2) is 0 Å². The molecule has 1 aromatic carbocycles. The molecule has 2 aromatic rings. The lowest BCUT2D eigenvalue weighted by Gasteiger charge is -2.06. The molecule has 1 atom stereocenters. The van der Waals surface area contributed by atoms with E-state index in [1.54, 1.807) is 6.20 Å². The maximum absolute atomic E-state index is 5.75. The van der Waals surface area contributed by atoms with Crippen molar-refractivity contribution < 1.29 is 0 Å². The van der Waals surface area contributed by atoms with Crippen LogP contribution in [0.1, 0.15) is 18.9 Å². The summed E-state index contributed by atoms with van der Waals surface area (Å²) in [4.78, 5) is 4.13. The van der Waals surface area contributed by atoms with Gasteiger partial charge in [0.05, 0.1) is 0 Å². The van der Waals surface area contributed by atoms with Gasteiger partial charge in [0.25, 0.3) is 0 Å². The molecule has 1 aromatic heterocycles. The molecular formula is C15H18N2. The summed E-state index contributed by atoms with van der Waals surface area (Å²) in [6, 6.07) is 12.9. The van der Waals surface area contributed by atoms with Crippen LogP contribution in [0.3, 0.4) is 0 Å². The summed E-state index contributed by atoms with van der Waals surface area (Å²) in [7, 11) is 0. The van der Waals surface area contributed by atoms with Gasteiger partial charge in [0.1, 0.15) is 0 Å². The molecule has 17 heavy (non-hydrogen) atoms. The largest absolute Gasteiger partial charge is 0.328 e. The van der Waals surface area contributed by atoms with Crippen molar-refractivity contribution in [1.29, 1.82) is 0 Å². The molecule has 0 aliphatic heterocycles. The minimum absolute atomic E-state index is 0.271. The van der Waals surface area contributed by atoms with E-state index in [9.17, 15) is 0 Å². The molecule has 0 fully saturated rings. The molecule has 2 rings (SSSR count). The van der Waals surface area contributed by atoms with Crippen molar-refractivity contribution in [3.63, 3.8) is 0 Å². The number of aromatic nitrogens is 1. The van der Waals surface area contributed by atoms with Crippen molar-refractivity contribution in [2.24, 2.45) is 5.73 Å². The van der Waals surface area contributed by atoms with Crippen LogP contribution in [-0.4, -0.2) is 11.0 Å². The van der Waals surface area contributed by atoms with E-state index in [1.807, 2.05) is 19.2 Å². The molecule has 2 heteroatoms. The van der Waals surface area contributed by atoms with Crippen LogP contribution in [-0.2, 0) is 6.42 Å². The van der Waals surface area contributed by atoms with Gasteiger partial charge in [-0.3, -0.25) is 4.98 Å². The number of nitrogens with zero attached hydrogens (tertiary/aromatic N) is 1. The third-order valence-electron chi connectivity index (χ3n) is 2.84. The average Bonchev–Trinajstić information content (AvgIpc) is 2.38. The quantitative estimate of drug-likeness (QED) is 0.870. The molecule has 0 aliphatic rings. The Hall–Kier alpha value is -1.67. The second kappa shape index (κ2) is 5.60. The Balaban J connectivity index is 2.08. The smallest absolute Gasteiger partial charge is 0.0346 e. The van der Waals surface area contributed by atoms with Crippen LogP contribution in [0.4, 0.5) is 0 Å². The molecule has 1 unspecified atom stereocenters. The van der Waals surface area contributed by atoms with Crippen molar-refractivity contribution in [2.45, 2.75) is 25.8 Å². The first-order chi connectivity index (χ1) is 8.25. The zero-order valence-corrected chi connectivity index (χ0v) is 10.1. The summed E-state index contributed by atoms with van der Waals surface area (Å²) < 4.78 is 0. The molecule has 0 amide bonds. The second-order valence-electron chi connectivity index (χ2n) is 4.45. The van der Waals surface area contributed by atoms with Crippen molar-refractivity contribution in [2.75, 3.05) is 0 Å². The number of benzene rings is 1. The fraction of sp³-hybridized carbons (Fsp3) is 0.267. The van der Waals surface area contributed by atoms with Gasteiger partial charge < -0.3 is 5.73 Å². The van der Waals surface area contributed by atoms with Crippen LogP contribution < -0.4 is 5.73 Å².